The molecule has 20 heavy (non-hydrogen) atoms. The summed E-state index contributed by atoms with van der Waals surface area (Å²) in [5, 5.41) is 9.57. The van der Waals surface area contributed by atoms with Gasteiger partial charge >= 0.3 is 0 Å². The van der Waals surface area contributed by atoms with E-state index in [1.54, 1.807) is 18.2 Å². The van der Waals surface area contributed by atoms with Gasteiger partial charge in [0.15, 0.2) is 0 Å². The first-order valence-corrected chi connectivity index (χ1v) is 7.67. The number of nitrogens with zero attached hydrogens (tertiary/aromatic N) is 2. The zero-order chi connectivity index (χ0) is 14.8. The van der Waals surface area contributed by atoms with Gasteiger partial charge in [0, 0.05) is 6.92 Å². The van der Waals surface area contributed by atoms with Crippen LogP contribution in [0.15, 0.2) is 28.6 Å². The van der Waals surface area contributed by atoms with Crippen LogP contribution in [0, 0.1) is 0 Å². The Morgan fingerprint density at radius 2 is 2.00 bits per heavy atom. The lowest BCUT2D eigenvalue weighted by molar-refractivity contribution is -0.114. The molecule has 8 nitrogen and oxygen atoms in total. The molecule has 10 heteroatoms. The Balaban J connectivity index is 2.25. The van der Waals surface area contributed by atoms with E-state index in [1.165, 1.54) is 13.0 Å². The quantitative estimate of drug-likeness (QED) is 0.568. The number of sulfonamides is 1. The van der Waals surface area contributed by atoms with Crippen LogP contribution in [0.2, 0.25) is 0 Å². The SMILES string of the molecule is CC(=O)Nc1nnc(S(=O)(=O)Nc2ccccc2N)s1. The molecule has 0 atom stereocenters. The van der Waals surface area contributed by atoms with Crippen LogP contribution in [0.5, 0.6) is 0 Å². The molecule has 0 bridgehead atoms. The molecule has 0 radical (unpaired) electrons. The van der Waals surface area contributed by atoms with E-state index in [1.807, 2.05) is 0 Å². The summed E-state index contributed by atoms with van der Waals surface area (Å²) < 4.78 is 26.2. The number of carbonyl (C=O) groups excluding carboxylic acids is 1. The van der Waals surface area contributed by atoms with E-state index < -0.39 is 10.0 Å². The van der Waals surface area contributed by atoms with Crippen LogP contribution in [0.4, 0.5) is 16.5 Å². The van der Waals surface area contributed by atoms with Gasteiger partial charge in [-0.3, -0.25) is 9.52 Å². The Bertz CT molecular complexity index is 741. The van der Waals surface area contributed by atoms with Gasteiger partial charge in [-0.1, -0.05) is 23.5 Å². The van der Waals surface area contributed by atoms with Crippen LogP contribution >= 0.6 is 11.3 Å². The second-order valence-corrected chi connectivity index (χ2v) is 6.58. The first-order chi connectivity index (χ1) is 9.38. The third-order valence-corrected chi connectivity index (χ3v) is 4.70. The number of amides is 1. The van der Waals surface area contributed by atoms with Gasteiger partial charge in [0.25, 0.3) is 14.4 Å². The van der Waals surface area contributed by atoms with Crippen LogP contribution in [-0.4, -0.2) is 24.5 Å². The summed E-state index contributed by atoms with van der Waals surface area (Å²) in [7, 11) is -3.89. The van der Waals surface area contributed by atoms with Crippen molar-refractivity contribution < 1.29 is 13.2 Å². The van der Waals surface area contributed by atoms with Crippen molar-refractivity contribution in [1.82, 2.24) is 10.2 Å². The van der Waals surface area contributed by atoms with Gasteiger partial charge in [-0.2, -0.15) is 8.42 Å². The van der Waals surface area contributed by atoms with Gasteiger partial charge < -0.3 is 11.1 Å². The molecule has 0 aliphatic rings. The molecule has 1 heterocycles. The van der Waals surface area contributed by atoms with Crippen molar-refractivity contribution in [1.29, 1.82) is 0 Å². The Hall–Kier alpha value is -2.20. The van der Waals surface area contributed by atoms with E-state index in [0.717, 1.165) is 11.3 Å². The van der Waals surface area contributed by atoms with Crippen LogP contribution < -0.4 is 15.8 Å². The lowest BCUT2D eigenvalue weighted by Gasteiger charge is -2.07. The number of para-hydroxylation sites is 2. The summed E-state index contributed by atoms with van der Waals surface area (Å²) in [5.41, 5.74) is 6.21. The van der Waals surface area contributed by atoms with Gasteiger partial charge in [0.05, 0.1) is 11.4 Å². The fraction of sp³-hybridized carbons (Fsp3) is 0.100. The molecular formula is C10H11N5O3S2. The third kappa shape index (κ3) is 3.22. The molecule has 1 aromatic heterocycles. The summed E-state index contributed by atoms with van der Waals surface area (Å²) in [6.07, 6.45) is 0. The number of hydrogen-bond donors (Lipinski definition) is 3. The summed E-state index contributed by atoms with van der Waals surface area (Å²) >= 11 is 0.748. The number of anilines is 3. The van der Waals surface area contributed by atoms with Gasteiger partial charge in [0.2, 0.25) is 11.0 Å². The molecule has 106 valence electrons. The van der Waals surface area contributed by atoms with Gasteiger partial charge in [-0.05, 0) is 12.1 Å². The molecule has 0 aliphatic carbocycles. The molecule has 2 aromatic rings. The second-order valence-electron chi connectivity index (χ2n) is 3.75. The summed E-state index contributed by atoms with van der Waals surface area (Å²) in [5.74, 6) is -0.356. The molecule has 0 saturated carbocycles. The monoisotopic (exact) mass is 313 g/mol. The van der Waals surface area contributed by atoms with E-state index in [-0.39, 0.29) is 21.1 Å². The highest BCUT2D eigenvalue weighted by Crippen LogP contribution is 2.24. The smallest absolute Gasteiger partial charge is 0.291 e. The predicted molar refractivity (Wildman–Crippen MR) is 75.9 cm³/mol. The third-order valence-electron chi connectivity index (χ3n) is 2.12. The average Bonchev–Trinajstić information content (AvgIpc) is 2.80. The van der Waals surface area contributed by atoms with Crippen molar-refractivity contribution in [3.05, 3.63) is 24.3 Å². The Morgan fingerprint density at radius 3 is 2.65 bits per heavy atom. The van der Waals surface area contributed by atoms with Crippen molar-refractivity contribution >= 4 is 43.8 Å². The highest BCUT2D eigenvalue weighted by Gasteiger charge is 2.21. The standard InChI is InChI=1S/C10H11N5O3S2/c1-6(16)12-9-13-14-10(19-9)20(17,18)15-8-5-3-2-4-7(8)11/h2-5,15H,11H2,1H3,(H,12,13,16). The van der Waals surface area contributed by atoms with Crippen LogP contribution in [0.1, 0.15) is 6.92 Å². The van der Waals surface area contributed by atoms with Crippen molar-refractivity contribution in [2.45, 2.75) is 11.3 Å². The van der Waals surface area contributed by atoms with E-state index >= 15 is 0 Å². The highest BCUT2D eigenvalue weighted by atomic mass is 32.2. The molecule has 1 aromatic carbocycles. The van der Waals surface area contributed by atoms with Gasteiger partial charge in [-0.25, -0.2) is 0 Å². The molecule has 0 aliphatic heterocycles. The molecular weight excluding hydrogens is 302 g/mol. The number of nitrogens with two attached hydrogens (primary N) is 1. The number of nitrogen functional groups attached to an aromatic ring is 1. The number of aromatic nitrogens is 2. The van der Waals surface area contributed by atoms with Crippen molar-refractivity contribution in [3.63, 3.8) is 0 Å². The Morgan fingerprint density at radius 1 is 1.30 bits per heavy atom. The molecule has 4 N–H and O–H groups in total. The molecule has 0 unspecified atom stereocenters. The Labute approximate surface area is 119 Å². The van der Waals surface area contributed by atoms with E-state index in [9.17, 15) is 13.2 Å². The lowest BCUT2D eigenvalue weighted by atomic mass is 10.3. The zero-order valence-electron chi connectivity index (χ0n) is 10.3. The zero-order valence-corrected chi connectivity index (χ0v) is 12.0. The van der Waals surface area contributed by atoms with Gasteiger partial charge in [0.1, 0.15) is 0 Å². The number of nitrogens with one attached hydrogen (secondary N) is 2. The van der Waals surface area contributed by atoms with Crippen LogP contribution in [0.3, 0.4) is 0 Å². The summed E-state index contributed by atoms with van der Waals surface area (Å²) in [6.45, 7) is 1.29. The van der Waals surface area contributed by atoms with E-state index in [0.29, 0.717) is 5.69 Å². The fourth-order valence-electron chi connectivity index (χ4n) is 1.30. The maximum atomic E-state index is 12.1. The fourth-order valence-corrected chi connectivity index (χ4v) is 3.33. The van der Waals surface area contributed by atoms with Crippen LogP contribution in [0.25, 0.3) is 0 Å². The second kappa shape index (κ2) is 5.43. The molecule has 0 spiro atoms. The van der Waals surface area contributed by atoms with Gasteiger partial charge in [-0.15, -0.1) is 10.2 Å². The molecule has 2 rings (SSSR count). The lowest BCUT2D eigenvalue weighted by Crippen LogP contribution is -2.13. The van der Waals surface area contributed by atoms with E-state index in [4.69, 9.17) is 5.73 Å². The topological polar surface area (TPSA) is 127 Å². The van der Waals surface area contributed by atoms with Crippen molar-refractivity contribution in [3.8, 4) is 0 Å². The first-order valence-electron chi connectivity index (χ1n) is 5.37. The number of carbonyl (C=O) groups is 1. The minimum Gasteiger partial charge on any atom is -0.397 e. The largest absolute Gasteiger partial charge is 0.397 e. The van der Waals surface area contributed by atoms with E-state index in [2.05, 4.69) is 20.2 Å². The normalized spacial score (nSPS) is 11.1. The minimum atomic E-state index is -3.89. The molecule has 0 saturated heterocycles. The summed E-state index contributed by atoms with van der Waals surface area (Å²) in [4.78, 5) is 10.9. The molecule has 0 fully saturated rings. The average molecular weight is 313 g/mol. The number of rotatable bonds is 4. The highest BCUT2D eigenvalue weighted by molar-refractivity contribution is 7.94. The summed E-state index contributed by atoms with van der Waals surface area (Å²) in [6, 6.07) is 6.44. The molecule has 1 amide bonds. The number of hydrogen-bond acceptors (Lipinski definition) is 7. The van der Waals surface area contributed by atoms with Crippen molar-refractivity contribution in [2.24, 2.45) is 0 Å². The number of benzene rings is 1. The maximum Gasteiger partial charge on any atom is 0.291 e. The van der Waals surface area contributed by atoms with Crippen LogP contribution in [-0.2, 0) is 14.8 Å². The Kier molecular flexibility index (Phi) is 3.86. The minimum absolute atomic E-state index is 0.110. The predicted octanol–water partition coefficient (Wildman–Crippen LogP) is 0.879. The first kappa shape index (κ1) is 14.2. The van der Waals surface area contributed by atoms with Crippen molar-refractivity contribution in [2.75, 3.05) is 15.8 Å². The maximum absolute atomic E-state index is 12.1.